The fourth-order valence-corrected chi connectivity index (χ4v) is 0.303. The van der Waals surface area contributed by atoms with Crippen molar-refractivity contribution in [2.75, 3.05) is 0 Å². The van der Waals surface area contributed by atoms with Crippen LogP contribution in [0, 0.1) is 5.63 Å². The average molecular weight is 121 g/mol. The van der Waals surface area contributed by atoms with Crippen molar-refractivity contribution < 1.29 is 4.57 Å². The van der Waals surface area contributed by atoms with Gasteiger partial charge in [-0.3, -0.25) is 0 Å². The number of hydrogen-bond acceptors (Lipinski definition) is 3. The van der Waals surface area contributed by atoms with Gasteiger partial charge in [-0.2, -0.15) is 0 Å². The van der Waals surface area contributed by atoms with E-state index in [1.165, 1.54) is 0 Å². The molecule has 0 radical (unpaired) electrons. The predicted octanol–water partition coefficient (Wildman–Crippen LogP) is 0.452. The van der Waals surface area contributed by atoms with E-state index < -0.39 is 5.37 Å². The molecule has 0 fully saturated rings. The summed E-state index contributed by atoms with van der Waals surface area (Å²) >= 11 is 3.64. The molecule has 0 rings (SSSR count). The van der Waals surface area contributed by atoms with Crippen LogP contribution in [0.25, 0.3) is 0 Å². The van der Waals surface area contributed by atoms with Crippen LogP contribution in [0.3, 0.4) is 0 Å². The van der Waals surface area contributed by atoms with Crippen LogP contribution in [0.2, 0.25) is 0 Å². The zero-order valence-electron chi connectivity index (χ0n) is 2.96. The van der Waals surface area contributed by atoms with E-state index in [1.54, 1.807) is 0 Å². The summed E-state index contributed by atoms with van der Waals surface area (Å²) in [6.45, 7) is 0. The third-order valence-corrected chi connectivity index (χ3v) is 0.901. The number of nitrogens with two attached hydrogens (primary N) is 1. The van der Waals surface area contributed by atoms with Crippen molar-refractivity contribution in [3.05, 3.63) is 0 Å². The quantitative estimate of drug-likeness (QED) is 0.277. The van der Waals surface area contributed by atoms with Gasteiger partial charge in [0.1, 0.15) is 0 Å². The van der Waals surface area contributed by atoms with Gasteiger partial charge in [0.15, 0.2) is 0 Å². The number of thiol groups is 1. The fourth-order valence-electron chi connectivity index (χ4n) is 0.0540. The maximum atomic E-state index is 9.47. The minimum atomic E-state index is -0.482. The van der Waals surface area contributed by atoms with E-state index in [2.05, 4.69) is 18.3 Å². The van der Waals surface area contributed by atoms with Gasteiger partial charge in [0.25, 0.3) is 0 Å². The molecule has 0 bridgehead atoms. The number of rotatable bonds is 0. The van der Waals surface area contributed by atoms with Gasteiger partial charge >= 0.3 is 41.8 Å². The normalized spacial score (nSPS) is 12.3. The van der Waals surface area contributed by atoms with Crippen LogP contribution in [0.1, 0.15) is 0 Å². The molecule has 0 aromatic carbocycles. The van der Waals surface area contributed by atoms with Gasteiger partial charge in [-0.25, -0.2) is 0 Å². The fraction of sp³-hybridized carbons (Fsp3) is 0.500. The summed E-state index contributed by atoms with van der Waals surface area (Å²) in [5.74, 6) is 0. The summed E-state index contributed by atoms with van der Waals surface area (Å²) < 4.78 is 9.47. The van der Waals surface area contributed by atoms with E-state index in [4.69, 9.17) is 5.73 Å². The van der Waals surface area contributed by atoms with E-state index in [0.29, 0.717) is 0 Å². The first-order chi connectivity index (χ1) is 2.77. The number of hydrogen-bond donors (Lipinski definition) is 2. The second-order valence-corrected chi connectivity index (χ2v) is 1.66. The molecule has 0 saturated heterocycles. The SMILES string of the molecule is NC(S)C#P=O. The molecule has 2 N–H and O–H groups in total. The molecular formula is C2H4NOPS. The summed E-state index contributed by atoms with van der Waals surface area (Å²) in [6, 6.07) is 0. The van der Waals surface area contributed by atoms with Crippen molar-refractivity contribution in [2.24, 2.45) is 5.73 Å². The van der Waals surface area contributed by atoms with Crippen LogP contribution in [-0.4, -0.2) is 5.37 Å². The van der Waals surface area contributed by atoms with Crippen LogP contribution >= 0.6 is 20.5 Å². The van der Waals surface area contributed by atoms with Crippen LogP contribution in [0.5, 0.6) is 0 Å². The van der Waals surface area contributed by atoms with E-state index >= 15 is 0 Å². The molecule has 0 aromatic rings. The van der Waals surface area contributed by atoms with Gasteiger partial charge in [-0.1, -0.05) is 0 Å². The van der Waals surface area contributed by atoms with Crippen LogP contribution in [0.15, 0.2) is 0 Å². The van der Waals surface area contributed by atoms with Crippen molar-refractivity contribution >= 4 is 20.5 Å². The van der Waals surface area contributed by atoms with Crippen LogP contribution in [-0.2, 0) is 4.57 Å². The monoisotopic (exact) mass is 121 g/mol. The molecular weight excluding hydrogens is 117 g/mol. The Balaban J connectivity index is 3.49. The van der Waals surface area contributed by atoms with E-state index in [1.807, 2.05) is 0 Å². The van der Waals surface area contributed by atoms with Gasteiger partial charge in [0, 0.05) is 0 Å². The van der Waals surface area contributed by atoms with Gasteiger partial charge in [-0.15, -0.1) is 0 Å². The molecule has 0 aromatic heterocycles. The standard InChI is InChI=1S/C2H4NOPS/c3-2(6)1-5-4/h2,6H,3H2. The summed E-state index contributed by atoms with van der Waals surface area (Å²) in [7, 11) is -0.177. The Morgan fingerprint density at radius 2 is 2.50 bits per heavy atom. The zero-order chi connectivity index (χ0) is 4.99. The molecule has 34 valence electrons. The van der Waals surface area contributed by atoms with Crippen molar-refractivity contribution in [1.82, 2.24) is 0 Å². The maximum absolute atomic E-state index is 9.47. The molecule has 0 amide bonds. The van der Waals surface area contributed by atoms with E-state index in [0.717, 1.165) is 0 Å². The Labute approximate surface area is 42.6 Å². The zero-order valence-corrected chi connectivity index (χ0v) is 4.75. The topological polar surface area (TPSA) is 43.1 Å². The molecule has 0 aliphatic carbocycles. The Kier molecular flexibility index (Phi) is 3.70. The predicted molar refractivity (Wildman–Crippen MR) is 28.5 cm³/mol. The van der Waals surface area contributed by atoms with E-state index in [9.17, 15) is 4.57 Å². The van der Waals surface area contributed by atoms with Gasteiger partial charge < -0.3 is 0 Å². The second kappa shape index (κ2) is 3.51. The molecule has 4 heteroatoms. The summed E-state index contributed by atoms with van der Waals surface area (Å²) in [6.07, 6.45) is 0. The first-order valence-electron chi connectivity index (χ1n) is 1.29. The summed E-state index contributed by atoms with van der Waals surface area (Å²) in [4.78, 5) is 0. The Hall–Kier alpha value is 0.320. The van der Waals surface area contributed by atoms with Crippen molar-refractivity contribution in [3.63, 3.8) is 0 Å². The molecule has 0 aliphatic heterocycles. The average Bonchev–Trinajstić information content (AvgIpc) is 1.35. The molecule has 0 heterocycles. The first-order valence-corrected chi connectivity index (χ1v) is 2.62. The van der Waals surface area contributed by atoms with Crippen LogP contribution in [0.4, 0.5) is 0 Å². The summed E-state index contributed by atoms with van der Waals surface area (Å²) in [5.41, 5.74) is 7.22. The third kappa shape index (κ3) is 4.32. The molecule has 0 saturated carbocycles. The van der Waals surface area contributed by atoms with Crippen molar-refractivity contribution in [2.45, 2.75) is 5.37 Å². The molecule has 0 spiro atoms. The Bertz CT molecular complexity index is 114. The van der Waals surface area contributed by atoms with E-state index in [-0.39, 0.29) is 7.92 Å². The van der Waals surface area contributed by atoms with Gasteiger partial charge in [0.2, 0.25) is 0 Å². The van der Waals surface area contributed by atoms with Crippen molar-refractivity contribution in [3.8, 4) is 5.63 Å². The Morgan fingerprint density at radius 3 is 2.50 bits per heavy atom. The Morgan fingerprint density at radius 1 is 2.00 bits per heavy atom. The second-order valence-electron chi connectivity index (χ2n) is 0.665. The molecule has 0 aliphatic rings. The molecule has 1 atom stereocenters. The summed E-state index contributed by atoms with van der Waals surface area (Å²) in [5, 5.41) is -0.482. The van der Waals surface area contributed by atoms with Gasteiger partial charge in [0.05, 0.1) is 0 Å². The van der Waals surface area contributed by atoms with Crippen molar-refractivity contribution in [1.29, 1.82) is 0 Å². The third-order valence-electron chi connectivity index (χ3n) is 0.185. The van der Waals surface area contributed by atoms with Gasteiger partial charge in [-0.05, 0) is 0 Å². The minimum absolute atomic E-state index is 0.177. The molecule has 6 heavy (non-hydrogen) atoms. The first kappa shape index (κ1) is 6.32. The molecule has 1 unspecified atom stereocenters. The van der Waals surface area contributed by atoms with Crippen LogP contribution < -0.4 is 5.73 Å². The molecule has 2 nitrogen and oxygen atoms in total.